The molecule has 2 aromatic carbocycles. The summed E-state index contributed by atoms with van der Waals surface area (Å²) in [7, 11) is 0. The monoisotopic (exact) mass is 549 g/mol. The molecule has 0 aliphatic carbocycles. The van der Waals surface area contributed by atoms with E-state index in [2.05, 4.69) is 23.3 Å². The third kappa shape index (κ3) is 8.38. The van der Waals surface area contributed by atoms with Crippen LogP contribution in [0.4, 0.5) is 10.5 Å². The maximum Gasteiger partial charge on any atom is 0.408 e. The third-order valence-corrected chi connectivity index (χ3v) is 6.24. The van der Waals surface area contributed by atoms with Crippen LogP contribution in [-0.4, -0.2) is 58.5 Å². The van der Waals surface area contributed by atoms with Crippen LogP contribution in [0.1, 0.15) is 49.1 Å². The van der Waals surface area contributed by atoms with Crippen LogP contribution in [0, 0.1) is 20.8 Å². The summed E-state index contributed by atoms with van der Waals surface area (Å²) in [6.45, 7) is 10.1. The number of thiol groups is 1. The van der Waals surface area contributed by atoms with E-state index in [9.17, 15) is 19.5 Å². The van der Waals surface area contributed by atoms with E-state index in [0.29, 0.717) is 16.3 Å². The van der Waals surface area contributed by atoms with E-state index in [1.54, 1.807) is 32.9 Å². The molecule has 8 nitrogen and oxygen atoms in total. The molecule has 0 saturated carbocycles. The molecule has 2 unspecified atom stereocenters. The lowest BCUT2D eigenvalue weighted by molar-refractivity contribution is -0.140. The topological polar surface area (TPSA) is 108 Å². The fraction of sp³-hybridized carbons (Fsp3) is 0.444. The first-order valence-corrected chi connectivity index (χ1v) is 12.9. The molecule has 37 heavy (non-hydrogen) atoms. The van der Waals surface area contributed by atoms with E-state index >= 15 is 0 Å². The molecule has 0 saturated heterocycles. The Bertz CT molecular complexity index is 1120. The van der Waals surface area contributed by atoms with Crippen LogP contribution in [0.5, 0.6) is 0 Å². The molecule has 0 radical (unpaired) electrons. The van der Waals surface area contributed by atoms with Gasteiger partial charge in [0.25, 0.3) is 5.91 Å². The van der Waals surface area contributed by atoms with E-state index in [-0.39, 0.29) is 12.3 Å². The first kappa shape index (κ1) is 30.5. The molecule has 2 rings (SSSR count). The zero-order valence-electron chi connectivity index (χ0n) is 22.1. The quantitative estimate of drug-likeness (QED) is 0.342. The molecule has 0 bridgehead atoms. The molecule has 3 N–H and O–H groups in total. The number of nitrogens with one attached hydrogen (secondary N) is 2. The van der Waals surface area contributed by atoms with Crippen molar-refractivity contribution >= 4 is 47.8 Å². The highest BCUT2D eigenvalue weighted by Crippen LogP contribution is 2.31. The Balaban J connectivity index is 2.54. The van der Waals surface area contributed by atoms with Crippen molar-refractivity contribution in [1.29, 1.82) is 0 Å². The van der Waals surface area contributed by atoms with Crippen LogP contribution in [0.25, 0.3) is 0 Å². The number of anilines is 1. The number of halogens is 1. The number of aliphatic hydroxyl groups is 1. The van der Waals surface area contributed by atoms with Crippen molar-refractivity contribution in [3.63, 3.8) is 0 Å². The second kappa shape index (κ2) is 13.2. The highest BCUT2D eigenvalue weighted by molar-refractivity contribution is 7.80. The predicted octanol–water partition coefficient (Wildman–Crippen LogP) is 4.59. The normalized spacial score (nSPS) is 12.9. The van der Waals surface area contributed by atoms with Crippen LogP contribution in [0.15, 0.2) is 36.4 Å². The molecular formula is C27H36ClN3O5S. The second-order valence-electron chi connectivity index (χ2n) is 9.82. The molecule has 0 spiro atoms. The maximum absolute atomic E-state index is 13.8. The van der Waals surface area contributed by atoms with E-state index < -0.39 is 42.2 Å². The van der Waals surface area contributed by atoms with Crippen molar-refractivity contribution in [3.8, 4) is 0 Å². The van der Waals surface area contributed by atoms with Gasteiger partial charge < -0.3 is 25.4 Å². The van der Waals surface area contributed by atoms with Crippen LogP contribution in [0.3, 0.4) is 0 Å². The SMILES string of the molecule is Cc1ccc(C)c(C(C(=O)Nc2c(C)cccc2Cl)N(CCO)C(=O)C(CS)NC(=O)OC(C)(C)C)c1. The van der Waals surface area contributed by atoms with E-state index in [0.717, 1.165) is 16.7 Å². The number of benzene rings is 2. The van der Waals surface area contributed by atoms with E-state index in [1.165, 1.54) is 4.90 Å². The summed E-state index contributed by atoms with van der Waals surface area (Å²) < 4.78 is 5.29. The number of aryl methyl sites for hydroxylation is 3. The number of ether oxygens (including phenoxy) is 1. The molecule has 0 aliphatic heterocycles. The molecule has 0 aliphatic rings. The highest BCUT2D eigenvalue weighted by atomic mass is 35.5. The molecule has 10 heteroatoms. The minimum atomic E-state index is -1.13. The minimum Gasteiger partial charge on any atom is -0.444 e. The predicted molar refractivity (Wildman–Crippen MR) is 149 cm³/mol. The van der Waals surface area contributed by atoms with Gasteiger partial charge in [-0.3, -0.25) is 9.59 Å². The molecule has 0 heterocycles. The van der Waals surface area contributed by atoms with Gasteiger partial charge in [-0.1, -0.05) is 47.5 Å². The Morgan fingerprint density at radius 1 is 1.11 bits per heavy atom. The minimum absolute atomic E-state index is 0.0508. The first-order chi connectivity index (χ1) is 17.3. The number of aliphatic hydroxyl groups excluding tert-OH is 1. The average Bonchev–Trinajstić information content (AvgIpc) is 2.80. The molecule has 3 amide bonds. The molecule has 202 valence electrons. The van der Waals surface area contributed by atoms with Gasteiger partial charge in [0.1, 0.15) is 17.7 Å². The number of hydrogen-bond donors (Lipinski definition) is 4. The van der Waals surface area contributed by atoms with Crippen LogP contribution in [0.2, 0.25) is 5.02 Å². The van der Waals surface area contributed by atoms with Crippen molar-refractivity contribution in [3.05, 3.63) is 63.7 Å². The number of nitrogens with zero attached hydrogens (tertiary/aromatic N) is 1. The van der Waals surface area contributed by atoms with E-state index in [1.807, 2.05) is 45.0 Å². The summed E-state index contributed by atoms with van der Waals surface area (Å²) >= 11 is 10.6. The van der Waals surface area contributed by atoms with Crippen molar-refractivity contribution in [2.24, 2.45) is 0 Å². The summed E-state index contributed by atoms with van der Waals surface area (Å²) in [5, 5.41) is 15.6. The van der Waals surface area contributed by atoms with Crippen LogP contribution >= 0.6 is 24.2 Å². The summed E-state index contributed by atoms with van der Waals surface area (Å²) in [5.41, 5.74) is 2.66. The van der Waals surface area contributed by atoms with Gasteiger partial charge in [-0.05, 0) is 64.3 Å². The molecular weight excluding hydrogens is 514 g/mol. The third-order valence-electron chi connectivity index (χ3n) is 5.56. The Hall–Kier alpha value is -2.75. The molecule has 0 fully saturated rings. The fourth-order valence-corrected chi connectivity index (χ4v) is 4.31. The average molecular weight is 550 g/mol. The largest absolute Gasteiger partial charge is 0.444 e. The Labute approximate surface area is 229 Å². The molecule has 2 atom stereocenters. The van der Waals surface area contributed by atoms with Gasteiger partial charge >= 0.3 is 6.09 Å². The Morgan fingerprint density at radius 2 is 1.78 bits per heavy atom. The van der Waals surface area contributed by atoms with Gasteiger partial charge in [0.15, 0.2) is 0 Å². The molecule has 0 aromatic heterocycles. The van der Waals surface area contributed by atoms with Gasteiger partial charge in [-0.25, -0.2) is 4.79 Å². The number of carbonyl (C=O) groups excluding carboxylic acids is 3. The second-order valence-corrected chi connectivity index (χ2v) is 10.6. The summed E-state index contributed by atoms with van der Waals surface area (Å²) in [4.78, 5) is 41.3. The summed E-state index contributed by atoms with van der Waals surface area (Å²) in [6, 6.07) is 8.62. The van der Waals surface area contributed by atoms with Gasteiger partial charge in [0, 0.05) is 12.3 Å². The Kier molecular flexibility index (Phi) is 10.8. The zero-order chi connectivity index (χ0) is 27.9. The fourth-order valence-electron chi connectivity index (χ4n) is 3.80. The van der Waals surface area contributed by atoms with Crippen LogP contribution in [-0.2, 0) is 14.3 Å². The lowest BCUT2D eigenvalue weighted by Gasteiger charge is -2.34. The Morgan fingerprint density at radius 3 is 2.35 bits per heavy atom. The number of rotatable bonds is 9. The van der Waals surface area contributed by atoms with E-state index in [4.69, 9.17) is 16.3 Å². The zero-order valence-corrected chi connectivity index (χ0v) is 23.7. The summed E-state index contributed by atoms with van der Waals surface area (Å²) in [6.07, 6.45) is -0.789. The van der Waals surface area contributed by atoms with Crippen LogP contribution < -0.4 is 10.6 Å². The number of para-hydroxylation sites is 1. The van der Waals surface area contributed by atoms with Crippen molar-refractivity contribution in [2.45, 2.75) is 59.2 Å². The maximum atomic E-state index is 13.8. The van der Waals surface area contributed by atoms with Crippen molar-refractivity contribution in [1.82, 2.24) is 10.2 Å². The van der Waals surface area contributed by atoms with Gasteiger partial charge in [0.05, 0.1) is 17.3 Å². The lowest BCUT2D eigenvalue weighted by atomic mass is 9.96. The smallest absolute Gasteiger partial charge is 0.408 e. The number of carbonyl (C=O) groups is 3. The summed E-state index contributed by atoms with van der Waals surface area (Å²) in [5.74, 6) is -1.15. The lowest BCUT2D eigenvalue weighted by Crippen LogP contribution is -2.54. The van der Waals surface area contributed by atoms with Crippen molar-refractivity contribution in [2.75, 3.05) is 24.2 Å². The molecule has 2 aromatic rings. The highest BCUT2D eigenvalue weighted by Gasteiger charge is 2.36. The number of hydrogen-bond acceptors (Lipinski definition) is 6. The standard InChI is InChI=1S/C27H36ClN3O5S/c1-16-10-11-17(2)19(14-16)23(24(33)30-22-18(3)8-7-9-20(22)28)31(12-13-32)25(34)21(15-37)29-26(35)36-27(4,5)6/h7-11,14,21,23,32,37H,12-13,15H2,1-6H3,(H,29,35)(H,30,33). The first-order valence-electron chi connectivity index (χ1n) is 11.9. The van der Waals surface area contributed by atoms with Crippen molar-refractivity contribution < 1.29 is 24.2 Å². The van der Waals surface area contributed by atoms with Gasteiger partial charge in [-0.15, -0.1) is 0 Å². The number of amides is 3. The van der Waals surface area contributed by atoms with Gasteiger partial charge in [-0.2, -0.15) is 12.6 Å². The number of alkyl carbamates (subject to hydrolysis) is 1. The van der Waals surface area contributed by atoms with Gasteiger partial charge in [0.2, 0.25) is 5.91 Å².